The van der Waals surface area contributed by atoms with E-state index < -0.39 is 0 Å². The number of H-pyrrole nitrogens is 1. The fraction of sp³-hybridized carbons (Fsp3) is 0.333. The Morgan fingerprint density at radius 2 is 2.30 bits per heavy atom. The molecule has 0 unspecified atom stereocenters. The van der Waals surface area contributed by atoms with Crippen molar-refractivity contribution in [2.75, 3.05) is 12.4 Å². The molecule has 0 spiro atoms. The van der Waals surface area contributed by atoms with Crippen molar-refractivity contribution in [3.05, 3.63) is 47.5 Å². The molecule has 2 aromatic rings. The average molecular weight is 273 g/mol. The molecular weight excluding hydrogens is 254 g/mol. The summed E-state index contributed by atoms with van der Waals surface area (Å²) < 4.78 is 4.81. The van der Waals surface area contributed by atoms with E-state index in [-0.39, 0.29) is 11.9 Å². The zero-order valence-electron chi connectivity index (χ0n) is 11.9. The number of carbonyl (C=O) groups excluding carboxylic acids is 1. The van der Waals surface area contributed by atoms with Gasteiger partial charge in [-0.15, -0.1) is 0 Å². The number of aromatic amines is 1. The molecule has 0 radical (unpaired) electrons. The summed E-state index contributed by atoms with van der Waals surface area (Å²) in [5.74, 6) is -0.0752. The number of anilines is 1. The number of nitrogens with zero attached hydrogens (tertiary/aromatic N) is 1. The highest BCUT2D eigenvalue weighted by atomic mass is 16.5. The summed E-state index contributed by atoms with van der Waals surface area (Å²) in [6, 6.07) is 5.65. The Bertz CT molecular complexity index is 576. The standard InChI is InChI=1S/C15H19N3O2/c1-10(2)14-13(15(19)20-3)7-12(18-14)9-17-11-5-4-6-16-8-11/h4-8,10,17-18H,9H2,1-3H3. The van der Waals surface area contributed by atoms with Gasteiger partial charge in [0.15, 0.2) is 0 Å². The van der Waals surface area contributed by atoms with Gasteiger partial charge in [-0.2, -0.15) is 0 Å². The fourth-order valence-electron chi connectivity index (χ4n) is 2.02. The third-order valence-corrected chi connectivity index (χ3v) is 3.03. The summed E-state index contributed by atoms with van der Waals surface area (Å²) in [5, 5.41) is 3.25. The number of ether oxygens (including phenoxy) is 1. The number of carbonyl (C=O) groups is 1. The van der Waals surface area contributed by atoms with Crippen molar-refractivity contribution in [1.82, 2.24) is 9.97 Å². The van der Waals surface area contributed by atoms with Crippen LogP contribution in [0.25, 0.3) is 0 Å². The van der Waals surface area contributed by atoms with Crippen LogP contribution < -0.4 is 5.32 Å². The smallest absolute Gasteiger partial charge is 0.339 e. The SMILES string of the molecule is COC(=O)c1cc(CNc2cccnc2)[nH]c1C(C)C. The second-order valence-corrected chi connectivity index (χ2v) is 4.86. The molecule has 0 aliphatic carbocycles. The number of hydrogen-bond acceptors (Lipinski definition) is 4. The van der Waals surface area contributed by atoms with E-state index in [1.165, 1.54) is 7.11 Å². The summed E-state index contributed by atoms with van der Waals surface area (Å²) >= 11 is 0. The van der Waals surface area contributed by atoms with Gasteiger partial charge in [0, 0.05) is 23.8 Å². The van der Waals surface area contributed by atoms with E-state index >= 15 is 0 Å². The molecule has 2 heterocycles. The summed E-state index contributed by atoms with van der Waals surface area (Å²) in [4.78, 5) is 19.1. The quantitative estimate of drug-likeness (QED) is 0.822. The third kappa shape index (κ3) is 3.17. The molecule has 0 fully saturated rings. The van der Waals surface area contributed by atoms with E-state index in [9.17, 15) is 4.79 Å². The fourth-order valence-corrected chi connectivity index (χ4v) is 2.02. The lowest BCUT2D eigenvalue weighted by atomic mass is 10.1. The minimum Gasteiger partial charge on any atom is -0.465 e. The summed E-state index contributed by atoms with van der Waals surface area (Å²) in [5.41, 5.74) is 3.39. The van der Waals surface area contributed by atoms with Crippen LogP contribution in [0.2, 0.25) is 0 Å². The molecule has 5 heteroatoms. The predicted octanol–water partition coefficient (Wildman–Crippen LogP) is 2.93. The second-order valence-electron chi connectivity index (χ2n) is 4.86. The number of nitrogens with one attached hydrogen (secondary N) is 2. The maximum Gasteiger partial charge on any atom is 0.339 e. The minimum atomic E-state index is -0.308. The first kappa shape index (κ1) is 14.1. The Balaban J connectivity index is 2.15. The van der Waals surface area contributed by atoms with E-state index in [0.717, 1.165) is 17.1 Å². The lowest BCUT2D eigenvalue weighted by Gasteiger charge is -2.05. The first-order valence-corrected chi connectivity index (χ1v) is 6.55. The molecule has 0 saturated carbocycles. The van der Waals surface area contributed by atoms with Crippen LogP contribution in [0.15, 0.2) is 30.6 Å². The van der Waals surface area contributed by atoms with Crippen molar-refractivity contribution in [2.45, 2.75) is 26.3 Å². The lowest BCUT2D eigenvalue weighted by Crippen LogP contribution is -2.04. The van der Waals surface area contributed by atoms with Crippen LogP contribution >= 0.6 is 0 Å². The van der Waals surface area contributed by atoms with Crippen LogP contribution in [0.1, 0.15) is 41.5 Å². The van der Waals surface area contributed by atoms with E-state index in [0.29, 0.717) is 12.1 Å². The summed E-state index contributed by atoms with van der Waals surface area (Å²) in [6.07, 6.45) is 3.49. The van der Waals surface area contributed by atoms with E-state index in [4.69, 9.17) is 4.74 Å². The zero-order valence-corrected chi connectivity index (χ0v) is 11.9. The van der Waals surface area contributed by atoms with Crippen LogP contribution in [0, 0.1) is 0 Å². The van der Waals surface area contributed by atoms with Crippen molar-refractivity contribution < 1.29 is 9.53 Å². The van der Waals surface area contributed by atoms with Crippen molar-refractivity contribution in [2.24, 2.45) is 0 Å². The predicted molar refractivity (Wildman–Crippen MR) is 77.8 cm³/mol. The van der Waals surface area contributed by atoms with Crippen LogP contribution in [0.3, 0.4) is 0 Å². The molecule has 0 aromatic carbocycles. The van der Waals surface area contributed by atoms with Gasteiger partial charge in [0.25, 0.3) is 0 Å². The van der Waals surface area contributed by atoms with Crippen molar-refractivity contribution in [1.29, 1.82) is 0 Å². The molecule has 2 N–H and O–H groups in total. The highest BCUT2D eigenvalue weighted by molar-refractivity contribution is 5.91. The number of hydrogen-bond donors (Lipinski definition) is 2. The molecule has 0 bridgehead atoms. The molecular formula is C15H19N3O2. The second kappa shape index (κ2) is 6.23. The van der Waals surface area contributed by atoms with Crippen LogP contribution in [0.4, 0.5) is 5.69 Å². The zero-order chi connectivity index (χ0) is 14.5. The van der Waals surface area contributed by atoms with Gasteiger partial charge in [0.1, 0.15) is 0 Å². The first-order valence-electron chi connectivity index (χ1n) is 6.55. The monoisotopic (exact) mass is 273 g/mol. The van der Waals surface area contributed by atoms with Gasteiger partial charge in [-0.25, -0.2) is 4.79 Å². The molecule has 0 amide bonds. The first-order chi connectivity index (χ1) is 9.61. The maximum absolute atomic E-state index is 11.8. The van der Waals surface area contributed by atoms with Gasteiger partial charge in [-0.3, -0.25) is 4.98 Å². The van der Waals surface area contributed by atoms with Gasteiger partial charge in [-0.05, 0) is 24.1 Å². The van der Waals surface area contributed by atoms with Crippen molar-refractivity contribution in [3.8, 4) is 0 Å². The Morgan fingerprint density at radius 3 is 2.90 bits per heavy atom. The highest BCUT2D eigenvalue weighted by Crippen LogP contribution is 2.21. The molecule has 0 aliphatic heterocycles. The third-order valence-electron chi connectivity index (χ3n) is 3.03. The highest BCUT2D eigenvalue weighted by Gasteiger charge is 2.17. The Labute approximate surface area is 118 Å². The van der Waals surface area contributed by atoms with Gasteiger partial charge >= 0.3 is 5.97 Å². The number of pyridine rings is 1. The number of methoxy groups -OCH3 is 1. The van der Waals surface area contributed by atoms with Gasteiger partial charge in [-0.1, -0.05) is 13.8 Å². The van der Waals surface area contributed by atoms with Crippen molar-refractivity contribution >= 4 is 11.7 Å². The summed E-state index contributed by atoms with van der Waals surface area (Å²) in [6.45, 7) is 4.68. The molecule has 2 rings (SSSR count). The molecule has 0 aliphatic rings. The normalized spacial score (nSPS) is 10.6. The maximum atomic E-state index is 11.8. The minimum absolute atomic E-state index is 0.233. The van der Waals surface area contributed by atoms with Crippen LogP contribution in [0.5, 0.6) is 0 Å². The van der Waals surface area contributed by atoms with Gasteiger partial charge in [0.2, 0.25) is 0 Å². The van der Waals surface area contributed by atoms with E-state index in [2.05, 4.69) is 15.3 Å². The Morgan fingerprint density at radius 1 is 1.50 bits per heavy atom. The molecule has 2 aromatic heterocycles. The molecule has 5 nitrogen and oxygen atoms in total. The van der Waals surface area contributed by atoms with Crippen molar-refractivity contribution in [3.63, 3.8) is 0 Å². The molecule has 0 saturated heterocycles. The van der Waals surface area contributed by atoms with Gasteiger partial charge in [0.05, 0.1) is 24.9 Å². The number of rotatable bonds is 5. The molecule has 0 atom stereocenters. The van der Waals surface area contributed by atoms with E-state index in [1.807, 2.05) is 32.0 Å². The number of aromatic nitrogens is 2. The summed E-state index contributed by atoms with van der Waals surface area (Å²) in [7, 11) is 1.40. The number of esters is 1. The van der Waals surface area contributed by atoms with Crippen LogP contribution in [-0.4, -0.2) is 23.0 Å². The topological polar surface area (TPSA) is 67.0 Å². The Kier molecular flexibility index (Phi) is 4.40. The molecule has 106 valence electrons. The average Bonchev–Trinajstić information content (AvgIpc) is 2.90. The van der Waals surface area contributed by atoms with Crippen LogP contribution in [-0.2, 0) is 11.3 Å². The lowest BCUT2D eigenvalue weighted by molar-refractivity contribution is 0.0599. The largest absolute Gasteiger partial charge is 0.465 e. The van der Waals surface area contributed by atoms with E-state index in [1.54, 1.807) is 12.4 Å². The van der Waals surface area contributed by atoms with Gasteiger partial charge < -0.3 is 15.0 Å². The molecule has 20 heavy (non-hydrogen) atoms. The Hall–Kier alpha value is -2.30.